The van der Waals surface area contributed by atoms with E-state index in [9.17, 15) is 0 Å². The number of hydrogen-bond acceptors (Lipinski definition) is 2. The highest BCUT2D eigenvalue weighted by atomic mass is 32.1. The van der Waals surface area contributed by atoms with E-state index >= 15 is 0 Å². The van der Waals surface area contributed by atoms with E-state index in [1.165, 1.54) is 25.7 Å². The summed E-state index contributed by atoms with van der Waals surface area (Å²) in [6.07, 6.45) is 5.59. The fourth-order valence-electron chi connectivity index (χ4n) is 1.67. The summed E-state index contributed by atoms with van der Waals surface area (Å²) in [4.78, 5) is 0. The van der Waals surface area contributed by atoms with Gasteiger partial charge < -0.3 is 4.74 Å². The van der Waals surface area contributed by atoms with Crippen LogP contribution in [0.3, 0.4) is 0 Å². The van der Waals surface area contributed by atoms with Crippen LogP contribution in [0.5, 0.6) is 0 Å². The zero-order valence-corrected chi connectivity index (χ0v) is 8.85. The molecule has 0 N–H and O–H groups in total. The quantitative estimate of drug-likeness (QED) is 0.653. The maximum atomic E-state index is 5.62. The normalized spacial score (nSPS) is 21.5. The molecule has 1 aliphatic rings. The van der Waals surface area contributed by atoms with Crippen molar-refractivity contribution in [1.82, 2.24) is 0 Å². The van der Waals surface area contributed by atoms with Crippen LogP contribution in [-0.2, 0) is 4.74 Å². The van der Waals surface area contributed by atoms with Crippen LogP contribution in [0, 0.1) is 11.8 Å². The average molecular weight is 188 g/mol. The van der Waals surface area contributed by atoms with Crippen LogP contribution in [0.15, 0.2) is 0 Å². The van der Waals surface area contributed by atoms with E-state index in [1.54, 1.807) is 0 Å². The van der Waals surface area contributed by atoms with Gasteiger partial charge in [0.2, 0.25) is 0 Å². The van der Waals surface area contributed by atoms with Crippen molar-refractivity contribution in [2.75, 3.05) is 19.0 Å². The highest BCUT2D eigenvalue weighted by Crippen LogP contribution is 2.24. The van der Waals surface area contributed by atoms with E-state index in [0.29, 0.717) is 5.92 Å². The van der Waals surface area contributed by atoms with Gasteiger partial charge in [-0.3, -0.25) is 0 Å². The molecule has 12 heavy (non-hydrogen) atoms. The van der Waals surface area contributed by atoms with E-state index in [2.05, 4.69) is 19.6 Å². The van der Waals surface area contributed by atoms with Gasteiger partial charge in [-0.25, -0.2) is 0 Å². The summed E-state index contributed by atoms with van der Waals surface area (Å²) in [5.41, 5.74) is 0. The molecule has 0 aliphatic heterocycles. The van der Waals surface area contributed by atoms with Gasteiger partial charge in [0.15, 0.2) is 0 Å². The van der Waals surface area contributed by atoms with Crippen molar-refractivity contribution in [2.45, 2.75) is 32.6 Å². The molecule has 1 fully saturated rings. The number of rotatable bonds is 5. The molecule has 0 amide bonds. The molecule has 1 atom stereocenters. The fraction of sp³-hybridized carbons (Fsp3) is 1.00. The Morgan fingerprint density at radius 1 is 1.42 bits per heavy atom. The lowest BCUT2D eigenvalue weighted by Crippen LogP contribution is -2.12. The number of hydrogen-bond donors (Lipinski definition) is 1. The maximum absolute atomic E-state index is 5.62. The largest absolute Gasteiger partial charge is 0.381 e. The topological polar surface area (TPSA) is 9.23 Å². The molecule has 0 radical (unpaired) electrons. The third-order valence-electron chi connectivity index (χ3n) is 2.54. The first kappa shape index (κ1) is 10.4. The van der Waals surface area contributed by atoms with Gasteiger partial charge in [0.25, 0.3) is 0 Å². The minimum Gasteiger partial charge on any atom is -0.381 e. The summed E-state index contributed by atoms with van der Waals surface area (Å²) in [5.74, 6) is 2.40. The van der Waals surface area contributed by atoms with Gasteiger partial charge in [0.05, 0.1) is 0 Å². The minimum atomic E-state index is 0.606. The predicted molar refractivity (Wildman–Crippen MR) is 55.8 cm³/mol. The third kappa shape index (κ3) is 3.81. The summed E-state index contributed by atoms with van der Waals surface area (Å²) in [6, 6.07) is 0. The lowest BCUT2D eigenvalue weighted by molar-refractivity contribution is 0.0823. The van der Waals surface area contributed by atoms with Crippen LogP contribution >= 0.6 is 12.6 Å². The number of ether oxygens (including phenoxy) is 1. The molecule has 0 saturated heterocycles. The predicted octanol–water partition coefficient (Wildman–Crippen LogP) is 2.76. The van der Waals surface area contributed by atoms with Gasteiger partial charge in [-0.05, 0) is 30.4 Å². The van der Waals surface area contributed by atoms with Crippen molar-refractivity contribution in [3.63, 3.8) is 0 Å². The van der Waals surface area contributed by atoms with Gasteiger partial charge in [0, 0.05) is 13.2 Å². The zero-order valence-electron chi connectivity index (χ0n) is 7.96. The number of thiol groups is 1. The van der Waals surface area contributed by atoms with Crippen LogP contribution in [0.25, 0.3) is 0 Å². The van der Waals surface area contributed by atoms with Crippen molar-refractivity contribution >= 4 is 12.6 Å². The molecule has 0 aromatic rings. The second-order valence-corrected chi connectivity index (χ2v) is 4.34. The van der Waals surface area contributed by atoms with Crippen LogP contribution < -0.4 is 0 Å². The summed E-state index contributed by atoms with van der Waals surface area (Å²) >= 11 is 4.22. The Bertz CT molecular complexity index is 110. The molecule has 72 valence electrons. The van der Waals surface area contributed by atoms with Crippen LogP contribution in [-0.4, -0.2) is 19.0 Å². The van der Waals surface area contributed by atoms with Crippen LogP contribution in [0.2, 0.25) is 0 Å². The molecule has 0 bridgehead atoms. The van der Waals surface area contributed by atoms with Crippen molar-refractivity contribution in [3.05, 3.63) is 0 Å². The molecule has 2 heteroatoms. The maximum Gasteiger partial charge on any atom is 0.0499 e. The molecular weight excluding hydrogens is 168 g/mol. The van der Waals surface area contributed by atoms with Gasteiger partial charge in [-0.2, -0.15) is 12.6 Å². The third-order valence-corrected chi connectivity index (χ3v) is 3.17. The van der Waals surface area contributed by atoms with Crippen molar-refractivity contribution in [3.8, 4) is 0 Å². The first-order valence-electron chi connectivity index (χ1n) is 5.01. The Balaban J connectivity index is 1.94. The highest BCUT2D eigenvalue weighted by Gasteiger charge is 2.14. The van der Waals surface area contributed by atoms with Crippen LogP contribution in [0.1, 0.15) is 32.6 Å². The monoisotopic (exact) mass is 188 g/mol. The van der Waals surface area contributed by atoms with E-state index in [1.807, 2.05) is 0 Å². The molecule has 1 aliphatic carbocycles. The van der Waals surface area contributed by atoms with E-state index in [-0.39, 0.29) is 0 Å². The molecule has 1 nitrogen and oxygen atoms in total. The molecular formula is C10H20OS. The Labute approximate surface area is 81.3 Å². The van der Waals surface area contributed by atoms with Gasteiger partial charge in [-0.1, -0.05) is 19.8 Å². The van der Waals surface area contributed by atoms with Gasteiger partial charge in [-0.15, -0.1) is 0 Å². The van der Waals surface area contributed by atoms with Crippen molar-refractivity contribution in [1.29, 1.82) is 0 Å². The summed E-state index contributed by atoms with van der Waals surface area (Å²) in [7, 11) is 0. The Hall–Kier alpha value is 0.310. The van der Waals surface area contributed by atoms with Crippen molar-refractivity contribution < 1.29 is 4.74 Å². The van der Waals surface area contributed by atoms with E-state index in [4.69, 9.17) is 4.74 Å². The second-order valence-electron chi connectivity index (χ2n) is 3.98. The second kappa shape index (κ2) is 5.87. The molecule has 1 rings (SSSR count). The fourth-order valence-corrected chi connectivity index (χ4v) is 1.77. The summed E-state index contributed by atoms with van der Waals surface area (Å²) in [5, 5.41) is 0. The highest BCUT2D eigenvalue weighted by molar-refractivity contribution is 7.80. The average Bonchev–Trinajstić information content (AvgIpc) is 2.57. The Kier molecular flexibility index (Phi) is 5.08. The van der Waals surface area contributed by atoms with E-state index < -0.39 is 0 Å². The lowest BCUT2D eigenvalue weighted by atomic mass is 10.1. The molecule has 1 saturated carbocycles. The minimum absolute atomic E-state index is 0.606. The zero-order chi connectivity index (χ0) is 8.81. The molecule has 0 spiro atoms. The first-order valence-corrected chi connectivity index (χ1v) is 5.64. The lowest BCUT2D eigenvalue weighted by Gasteiger charge is -2.12. The SMILES string of the molecule is CC(CS)COCC1CCCC1. The Morgan fingerprint density at radius 2 is 2.08 bits per heavy atom. The molecule has 0 heterocycles. The van der Waals surface area contributed by atoms with Gasteiger partial charge >= 0.3 is 0 Å². The molecule has 0 aromatic heterocycles. The standard InChI is InChI=1S/C10H20OS/c1-9(8-12)6-11-7-10-4-2-3-5-10/h9-10,12H,2-8H2,1H3. The van der Waals surface area contributed by atoms with Crippen molar-refractivity contribution in [2.24, 2.45) is 11.8 Å². The molecule has 0 aromatic carbocycles. The smallest absolute Gasteiger partial charge is 0.0499 e. The van der Waals surface area contributed by atoms with Crippen LogP contribution in [0.4, 0.5) is 0 Å². The van der Waals surface area contributed by atoms with Gasteiger partial charge in [0.1, 0.15) is 0 Å². The molecule has 1 unspecified atom stereocenters. The Morgan fingerprint density at radius 3 is 2.67 bits per heavy atom. The first-order chi connectivity index (χ1) is 5.83. The van der Waals surface area contributed by atoms with E-state index in [0.717, 1.165) is 24.9 Å². The summed E-state index contributed by atoms with van der Waals surface area (Å²) < 4.78 is 5.62. The summed E-state index contributed by atoms with van der Waals surface area (Å²) in [6.45, 7) is 4.06.